The minimum atomic E-state index is -0.588. The molecule has 0 aromatic rings. The van der Waals surface area contributed by atoms with Gasteiger partial charge in [0.25, 0.3) is 0 Å². The minimum Gasteiger partial charge on any atom is -0.297 e. The summed E-state index contributed by atoms with van der Waals surface area (Å²) in [4.78, 5) is 20.9. The van der Waals surface area contributed by atoms with Gasteiger partial charge in [-0.25, -0.2) is 0 Å². The summed E-state index contributed by atoms with van der Waals surface area (Å²) in [7, 11) is 0. The van der Waals surface area contributed by atoms with Gasteiger partial charge in [0.15, 0.2) is 5.78 Å². The lowest BCUT2D eigenvalue weighted by Crippen LogP contribution is -2.16. The van der Waals surface area contributed by atoms with Crippen LogP contribution in [0.15, 0.2) is 5.18 Å². The van der Waals surface area contributed by atoms with Crippen molar-refractivity contribution in [2.24, 2.45) is 5.18 Å². The maximum atomic E-state index is 10.8. The third-order valence-corrected chi connectivity index (χ3v) is 1.41. The molecule has 1 atom stereocenters. The van der Waals surface area contributed by atoms with Gasteiger partial charge < -0.3 is 0 Å². The molecule has 0 spiro atoms. The molecule has 0 amide bonds. The van der Waals surface area contributed by atoms with Gasteiger partial charge >= 0.3 is 0 Å². The first-order valence-electron chi connectivity index (χ1n) is 3.61. The lowest BCUT2D eigenvalue weighted by Gasteiger charge is -2.02. The molecule has 0 N–H and O–H groups in total. The highest BCUT2D eigenvalue weighted by molar-refractivity contribution is 5.83. The van der Waals surface area contributed by atoms with E-state index in [2.05, 4.69) is 5.18 Å². The molecule has 0 heterocycles. The van der Waals surface area contributed by atoms with Gasteiger partial charge in [-0.3, -0.25) is 4.79 Å². The highest BCUT2D eigenvalue weighted by Gasteiger charge is 2.14. The summed E-state index contributed by atoms with van der Waals surface area (Å²) in [5.74, 6) is -0.0446. The predicted octanol–water partition coefficient (Wildman–Crippen LogP) is 1.90. The number of ketones is 1. The van der Waals surface area contributed by atoms with E-state index in [9.17, 15) is 9.70 Å². The molecular weight excluding hydrogens is 130 g/mol. The zero-order valence-corrected chi connectivity index (χ0v) is 6.46. The largest absolute Gasteiger partial charge is 0.297 e. The van der Waals surface area contributed by atoms with E-state index in [-0.39, 0.29) is 5.78 Å². The number of nitroso groups, excluding NO2 is 1. The van der Waals surface area contributed by atoms with Gasteiger partial charge in [-0.1, -0.05) is 25.4 Å². The molecule has 0 aliphatic carbocycles. The molecule has 0 radical (unpaired) electrons. The number of Topliss-reactive ketones (excluding diaryl/α,β-unsaturated/α-hetero) is 1. The van der Waals surface area contributed by atoms with E-state index in [0.29, 0.717) is 12.8 Å². The quantitative estimate of drug-likeness (QED) is 0.552. The van der Waals surface area contributed by atoms with Crippen molar-refractivity contribution in [1.82, 2.24) is 0 Å². The first-order chi connectivity index (χ1) is 4.76. The Balaban J connectivity index is 3.80. The summed E-state index contributed by atoms with van der Waals surface area (Å²) in [5.41, 5.74) is 0. The molecule has 58 valence electrons. The molecule has 0 saturated carbocycles. The summed E-state index contributed by atoms with van der Waals surface area (Å²) in [6.07, 6.45) is 1.84. The average molecular weight is 143 g/mol. The van der Waals surface area contributed by atoms with Crippen molar-refractivity contribution >= 4 is 5.78 Å². The van der Waals surface area contributed by atoms with Crippen LogP contribution in [0.4, 0.5) is 0 Å². The normalized spacial score (nSPS) is 12.6. The molecule has 3 nitrogen and oxygen atoms in total. The SMILES string of the molecule is CCCC(N=O)C(=O)CC. The van der Waals surface area contributed by atoms with Crippen LogP contribution in [0.5, 0.6) is 0 Å². The first kappa shape index (κ1) is 9.27. The molecule has 3 heteroatoms. The number of carbonyl (C=O) groups excluding carboxylic acids is 1. The number of hydrogen-bond donors (Lipinski definition) is 0. The Bertz CT molecular complexity index is 123. The molecule has 0 aliphatic rings. The predicted molar refractivity (Wildman–Crippen MR) is 39.8 cm³/mol. The van der Waals surface area contributed by atoms with Crippen molar-refractivity contribution in [3.05, 3.63) is 4.91 Å². The van der Waals surface area contributed by atoms with Crippen molar-refractivity contribution in [2.75, 3.05) is 0 Å². The number of nitrogens with zero attached hydrogens (tertiary/aromatic N) is 1. The van der Waals surface area contributed by atoms with Gasteiger partial charge in [0, 0.05) is 6.42 Å². The van der Waals surface area contributed by atoms with E-state index in [1.54, 1.807) is 6.92 Å². The summed E-state index contributed by atoms with van der Waals surface area (Å²) in [6, 6.07) is -0.588. The van der Waals surface area contributed by atoms with E-state index < -0.39 is 6.04 Å². The Labute approximate surface area is 60.8 Å². The monoisotopic (exact) mass is 143 g/mol. The molecule has 10 heavy (non-hydrogen) atoms. The zero-order valence-electron chi connectivity index (χ0n) is 6.46. The molecule has 0 rings (SSSR count). The van der Waals surface area contributed by atoms with Crippen molar-refractivity contribution < 1.29 is 4.79 Å². The summed E-state index contributed by atoms with van der Waals surface area (Å²) in [6.45, 7) is 3.68. The van der Waals surface area contributed by atoms with Gasteiger partial charge in [-0.2, -0.15) is 4.91 Å². The van der Waals surface area contributed by atoms with Crippen molar-refractivity contribution in [1.29, 1.82) is 0 Å². The third-order valence-electron chi connectivity index (χ3n) is 1.41. The van der Waals surface area contributed by atoms with Gasteiger partial charge in [0.05, 0.1) is 0 Å². The fourth-order valence-electron chi connectivity index (χ4n) is 0.782. The molecule has 0 saturated heterocycles. The highest BCUT2D eigenvalue weighted by atomic mass is 16.3. The van der Waals surface area contributed by atoms with Crippen LogP contribution in [-0.2, 0) is 4.79 Å². The van der Waals surface area contributed by atoms with Gasteiger partial charge in [-0.05, 0) is 6.42 Å². The smallest absolute Gasteiger partial charge is 0.160 e. The fourth-order valence-corrected chi connectivity index (χ4v) is 0.782. The summed E-state index contributed by atoms with van der Waals surface area (Å²) < 4.78 is 0. The Morgan fingerprint density at radius 3 is 2.40 bits per heavy atom. The second-order valence-electron chi connectivity index (χ2n) is 2.23. The zero-order chi connectivity index (χ0) is 7.98. The summed E-state index contributed by atoms with van der Waals surface area (Å²) >= 11 is 0. The molecule has 0 aromatic heterocycles. The molecule has 0 aromatic carbocycles. The van der Waals surface area contributed by atoms with E-state index >= 15 is 0 Å². The van der Waals surface area contributed by atoms with Crippen LogP contribution in [0.2, 0.25) is 0 Å². The topological polar surface area (TPSA) is 46.5 Å². The van der Waals surface area contributed by atoms with Crippen molar-refractivity contribution in [3.63, 3.8) is 0 Å². The first-order valence-corrected chi connectivity index (χ1v) is 3.61. The van der Waals surface area contributed by atoms with Crippen LogP contribution >= 0.6 is 0 Å². The third kappa shape index (κ3) is 2.71. The van der Waals surface area contributed by atoms with Gasteiger partial charge in [0.2, 0.25) is 0 Å². The number of rotatable bonds is 5. The second kappa shape index (κ2) is 5.09. The highest BCUT2D eigenvalue weighted by Crippen LogP contribution is 2.04. The Hall–Kier alpha value is -0.730. The Morgan fingerprint density at radius 1 is 1.50 bits per heavy atom. The van der Waals surface area contributed by atoms with Crippen molar-refractivity contribution in [2.45, 2.75) is 39.2 Å². The van der Waals surface area contributed by atoms with Crippen LogP contribution in [0.1, 0.15) is 33.1 Å². The van der Waals surface area contributed by atoms with Crippen molar-refractivity contribution in [3.8, 4) is 0 Å². The van der Waals surface area contributed by atoms with E-state index in [4.69, 9.17) is 0 Å². The number of hydrogen-bond acceptors (Lipinski definition) is 3. The maximum Gasteiger partial charge on any atom is 0.160 e. The van der Waals surface area contributed by atoms with E-state index in [1.165, 1.54) is 0 Å². The van der Waals surface area contributed by atoms with Crippen LogP contribution in [0, 0.1) is 4.91 Å². The average Bonchev–Trinajstić information content (AvgIpc) is 1.99. The lowest BCUT2D eigenvalue weighted by atomic mass is 10.1. The van der Waals surface area contributed by atoms with Crippen LogP contribution in [-0.4, -0.2) is 11.8 Å². The fraction of sp³-hybridized carbons (Fsp3) is 0.857. The number of carbonyl (C=O) groups is 1. The van der Waals surface area contributed by atoms with Gasteiger partial charge in [0.1, 0.15) is 6.04 Å². The summed E-state index contributed by atoms with van der Waals surface area (Å²) in [5, 5.41) is 2.75. The van der Waals surface area contributed by atoms with E-state index in [0.717, 1.165) is 6.42 Å². The Kier molecular flexibility index (Phi) is 4.72. The molecule has 0 fully saturated rings. The minimum absolute atomic E-state index is 0.0446. The molecule has 0 bridgehead atoms. The lowest BCUT2D eigenvalue weighted by molar-refractivity contribution is -0.120. The molecular formula is C7H13NO2. The molecule has 1 unspecified atom stereocenters. The van der Waals surface area contributed by atoms with E-state index in [1.807, 2.05) is 6.92 Å². The maximum absolute atomic E-state index is 10.8. The van der Waals surface area contributed by atoms with Gasteiger partial charge in [-0.15, -0.1) is 0 Å². The molecule has 0 aliphatic heterocycles. The second-order valence-corrected chi connectivity index (χ2v) is 2.23. The standard InChI is InChI=1S/C7H13NO2/c1-3-5-6(8-10)7(9)4-2/h6H,3-5H2,1-2H3. The Morgan fingerprint density at radius 2 is 2.10 bits per heavy atom. The van der Waals surface area contributed by atoms with Crippen LogP contribution < -0.4 is 0 Å². The van der Waals surface area contributed by atoms with Crippen LogP contribution in [0.3, 0.4) is 0 Å². The van der Waals surface area contributed by atoms with Crippen LogP contribution in [0.25, 0.3) is 0 Å².